The van der Waals surface area contributed by atoms with Crippen LogP contribution in [-0.2, 0) is 4.79 Å². The number of anilines is 2. The molecule has 2 N–H and O–H groups in total. The molecule has 0 bridgehead atoms. The summed E-state index contributed by atoms with van der Waals surface area (Å²) < 4.78 is 0. The van der Waals surface area contributed by atoms with Gasteiger partial charge in [0.1, 0.15) is 0 Å². The van der Waals surface area contributed by atoms with E-state index < -0.39 is 0 Å². The molecule has 7 nitrogen and oxygen atoms in total. The molecule has 0 spiro atoms. The first-order valence-corrected chi connectivity index (χ1v) is 10.1. The second kappa shape index (κ2) is 7.94. The lowest BCUT2D eigenvalue weighted by atomic mass is 9.97. The highest BCUT2D eigenvalue weighted by molar-refractivity contribution is 5.95. The average molecular weight is 398 g/mol. The van der Waals surface area contributed by atoms with E-state index in [0.717, 1.165) is 53.1 Å². The van der Waals surface area contributed by atoms with Crippen LogP contribution in [0.25, 0.3) is 22.2 Å². The summed E-state index contributed by atoms with van der Waals surface area (Å²) in [7, 11) is 0. The number of hydrogen-bond donors (Lipinski definition) is 2. The van der Waals surface area contributed by atoms with Crippen LogP contribution in [0, 0.1) is 5.92 Å². The van der Waals surface area contributed by atoms with Crippen LogP contribution >= 0.6 is 0 Å². The molecule has 0 aliphatic carbocycles. The minimum Gasteiger partial charge on any atom is -0.354 e. The van der Waals surface area contributed by atoms with Gasteiger partial charge >= 0.3 is 0 Å². The molecule has 150 valence electrons. The van der Waals surface area contributed by atoms with Crippen molar-refractivity contribution >= 4 is 28.3 Å². The van der Waals surface area contributed by atoms with E-state index in [1.807, 2.05) is 60.7 Å². The van der Waals surface area contributed by atoms with Crippen LogP contribution in [0.1, 0.15) is 12.8 Å². The lowest BCUT2D eigenvalue weighted by Gasteiger charge is -2.32. The van der Waals surface area contributed by atoms with Crippen molar-refractivity contribution in [2.24, 2.45) is 5.92 Å². The Bertz CT molecular complexity index is 1160. The molecule has 1 amide bonds. The number of piperidine rings is 1. The van der Waals surface area contributed by atoms with E-state index in [1.54, 1.807) is 6.20 Å². The van der Waals surface area contributed by atoms with Gasteiger partial charge in [0.05, 0.1) is 23.3 Å². The van der Waals surface area contributed by atoms with Crippen LogP contribution in [-0.4, -0.2) is 39.4 Å². The van der Waals surface area contributed by atoms with Gasteiger partial charge in [-0.3, -0.25) is 9.89 Å². The van der Waals surface area contributed by atoms with Crippen molar-refractivity contribution in [3.05, 3.63) is 66.9 Å². The molecule has 5 rings (SSSR count). The van der Waals surface area contributed by atoms with Gasteiger partial charge in [0, 0.05) is 29.7 Å². The van der Waals surface area contributed by atoms with Crippen LogP contribution in [0.2, 0.25) is 0 Å². The normalized spacial score (nSPS) is 16.5. The lowest BCUT2D eigenvalue weighted by molar-refractivity contribution is -0.120. The highest BCUT2D eigenvalue weighted by Crippen LogP contribution is 2.25. The molecule has 2 aromatic carbocycles. The van der Waals surface area contributed by atoms with Crippen LogP contribution in [0.15, 0.2) is 66.9 Å². The number of nitrogens with one attached hydrogen (secondary N) is 2. The number of carbonyl (C=O) groups excluding carboxylic acids is 1. The van der Waals surface area contributed by atoms with Gasteiger partial charge in [0.15, 0.2) is 5.82 Å². The van der Waals surface area contributed by atoms with Gasteiger partial charge in [-0.2, -0.15) is 5.10 Å². The molecule has 1 saturated heterocycles. The highest BCUT2D eigenvalue weighted by atomic mass is 16.1. The van der Waals surface area contributed by atoms with E-state index >= 15 is 0 Å². The number of fused-ring (bicyclic) bond motifs is 1. The Hall–Kier alpha value is -3.74. The fourth-order valence-electron chi connectivity index (χ4n) is 3.92. The number of H-pyrrole nitrogens is 1. The van der Waals surface area contributed by atoms with E-state index in [0.29, 0.717) is 6.54 Å². The number of benzene rings is 2. The standard InChI is InChI=1S/C23H22N6O/c30-23(25-19-9-8-17-14-24-26-21(17)13-19)18-7-4-12-29(15-18)22-11-10-20(27-28-22)16-5-2-1-3-6-16/h1-3,5-6,8-11,13-14,18H,4,7,12,15H2,(H,24,26)(H,25,30). The van der Waals surface area contributed by atoms with Crippen molar-refractivity contribution in [2.45, 2.75) is 12.8 Å². The van der Waals surface area contributed by atoms with Gasteiger partial charge in [-0.15, -0.1) is 10.2 Å². The fraction of sp³-hybridized carbons (Fsp3) is 0.217. The van der Waals surface area contributed by atoms with Crippen LogP contribution in [0.3, 0.4) is 0 Å². The minimum absolute atomic E-state index is 0.0347. The van der Waals surface area contributed by atoms with Gasteiger partial charge < -0.3 is 10.2 Å². The van der Waals surface area contributed by atoms with Crippen molar-refractivity contribution < 1.29 is 4.79 Å². The molecular formula is C23H22N6O. The molecule has 30 heavy (non-hydrogen) atoms. The molecule has 1 fully saturated rings. The number of carbonyl (C=O) groups is 1. The summed E-state index contributed by atoms with van der Waals surface area (Å²) in [5.41, 5.74) is 3.58. The fourth-order valence-corrected chi connectivity index (χ4v) is 3.92. The zero-order chi connectivity index (χ0) is 20.3. The van der Waals surface area contributed by atoms with Crippen LogP contribution < -0.4 is 10.2 Å². The zero-order valence-corrected chi connectivity index (χ0v) is 16.5. The van der Waals surface area contributed by atoms with Crippen molar-refractivity contribution in [3.8, 4) is 11.3 Å². The first kappa shape index (κ1) is 18.3. The third-order valence-electron chi connectivity index (χ3n) is 5.55. The van der Waals surface area contributed by atoms with Gasteiger partial charge in [-0.05, 0) is 43.2 Å². The summed E-state index contributed by atoms with van der Waals surface area (Å²) in [5.74, 6) is 0.755. The third-order valence-corrected chi connectivity index (χ3v) is 5.55. The maximum absolute atomic E-state index is 12.9. The van der Waals surface area contributed by atoms with E-state index in [-0.39, 0.29) is 11.8 Å². The maximum atomic E-state index is 12.9. The van der Waals surface area contributed by atoms with Gasteiger partial charge in [-0.1, -0.05) is 30.3 Å². The highest BCUT2D eigenvalue weighted by Gasteiger charge is 2.27. The molecule has 1 unspecified atom stereocenters. The second-order valence-electron chi connectivity index (χ2n) is 7.59. The molecule has 1 aliphatic heterocycles. The molecule has 3 heterocycles. The molecule has 4 aromatic rings. The Balaban J connectivity index is 1.26. The molecule has 2 aromatic heterocycles. The molecule has 0 saturated carbocycles. The first-order valence-electron chi connectivity index (χ1n) is 10.1. The van der Waals surface area contributed by atoms with Crippen molar-refractivity contribution in [3.63, 3.8) is 0 Å². The Kier molecular flexibility index (Phi) is 4.85. The van der Waals surface area contributed by atoms with Crippen molar-refractivity contribution in [1.29, 1.82) is 0 Å². The Morgan fingerprint density at radius 3 is 2.80 bits per heavy atom. The largest absolute Gasteiger partial charge is 0.354 e. The van der Waals surface area contributed by atoms with E-state index in [2.05, 4.69) is 30.6 Å². The van der Waals surface area contributed by atoms with Crippen LogP contribution in [0.5, 0.6) is 0 Å². The Labute approximate surface area is 174 Å². The summed E-state index contributed by atoms with van der Waals surface area (Å²) >= 11 is 0. The Morgan fingerprint density at radius 1 is 1.07 bits per heavy atom. The number of aromatic nitrogens is 4. The third kappa shape index (κ3) is 3.74. The molecule has 1 atom stereocenters. The first-order chi connectivity index (χ1) is 14.8. The topological polar surface area (TPSA) is 86.8 Å². The number of aromatic amines is 1. The van der Waals surface area contributed by atoms with Crippen LogP contribution in [0.4, 0.5) is 11.5 Å². The zero-order valence-electron chi connectivity index (χ0n) is 16.5. The lowest BCUT2D eigenvalue weighted by Crippen LogP contribution is -2.41. The van der Waals surface area contributed by atoms with Crippen molar-refractivity contribution in [2.75, 3.05) is 23.3 Å². The van der Waals surface area contributed by atoms with E-state index in [1.165, 1.54) is 0 Å². The van der Waals surface area contributed by atoms with Crippen molar-refractivity contribution in [1.82, 2.24) is 20.4 Å². The summed E-state index contributed by atoms with van der Waals surface area (Å²) in [6.45, 7) is 1.51. The van der Waals surface area contributed by atoms with Gasteiger partial charge in [0.2, 0.25) is 5.91 Å². The number of hydrogen-bond acceptors (Lipinski definition) is 5. The summed E-state index contributed by atoms with van der Waals surface area (Å²) in [6, 6.07) is 19.7. The SMILES string of the molecule is O=C(Nc1ccc2cn[nH]c2c1)C1CCCN(c2ccc(-c3ccccc3)nn2)C1. The maximum Gasteiger partial charge on any atom is 0.229 e. The smallest absolute Gasteiger partial charge is 0.229 e. The summed E-state index contributed by atoms with van der Waals surface area (Å²) in [6.07, 6.45) is 3.58. The number of nitrogens with zero attached hydrogens (tertiary/aromatic N) is 4. The molecule has 1 aliphatic rings. The van der Waals surface area contributed by atoms with Gasteiger partial charge in [-0.25, -0.2) is 0 Å². The number of rotatable bonds is 4. The Morgan fingerprint density at radius 2 is 1.97 bits per heavy atom. The summed E-state index contributed by atoms with van der Waals surface area (Å²) in [4.78, 5) is 15.0. The minimum atomic E-state index is -0.0909. The molecule has 7 heteroatoms. The monoisotopic (exact) mass is 398 g/mol. The molecule has 0 radical (unpaired) electrons. The molecular weight excluding hydrogens is 376 g/mol. The number of amides is 1. The predicted octanol–water partition coefficient (Wildman–Crippen LogP) is 3.88. The van der Waals surface area contributed by atoms with E-state index in [4.69, 9.17) is 0 Å². The summed E-state index contributed by atoms with van der Waals surface area (Å²) in [5, 5.41) is 19.8. The predicted molar refractivity (Wildman–Crippen MR) is 117 cm³/mol. The quantitative estimate of drug-likeness (QED) is 0.545. The van der Waals surface area contributed by atoms with Gasteiger partial charge in [0.25, 0.3) is 0 Å². The average Bonchev–Trinajstić information content (AvgIpc) is 3.28. The van der Waals surface area contributed by atoms with E-state index in [9.17, 15) is 4.79 Å². The second-order valence-corrected chi connectivity index (χ2v) is 7.59.